The Bertz CT molecular complexity index is 771. The van der Waals surface area contributed by atoms with Gasteiger partial charge in [0.1, 0.15) is 11.4 Å². The van der Waals surface area contributed by atoms with Gasteiger partial charge in [0.05, 0.1) is 25.3 Å². The number of likely N-dealkylation sites (tertiary alicyclic amines) is 1. The van der Waals surface area contributed by atoms with Gasteiger partial charge in [-0.1, -0.05) is 12.1 Å². The van der Waals surface area contributed by atoms with Gasteiger partial charge in [0, 0.05) is 6.54 Å². The second-order valence-electron chi connectivity index (χ2n) is 6.20. The highest BCUT2D eigenvalue weighted by Gasteiger charge is 2.29. The summed E-state index contributed by atoms with van der Waals surface area (Å²) in [7, 11) is 1.61. The lowest BCUT2D eigenvalue weighted by Crippen LogP contribution is -2.39. The van der Waals surface area contributed by atoms with Gasteiger partial charge < -0.3 is 15.4 Å². The van der Waals surface area contributed by atoms with Gasteiger partial charge in [0.2, 0.25) is 5.91 Å². The first-order valence-electron chi connectivity index (χ1n) is 8.36. The molecule has 1 aliphatic rings. The van der Waals surface area contributed by atoms with E-state index >= 15 is 0 Å². The molecule has 3 N–H and O–H groups in total. The molecular weight excluding hydrogens is 320 g/mol. The van der Waals surface area contributed by atoms with Crippen molar-refractivity contribution in [1.29, 1.82) is 0 Å². The number of carbonyl (C=O) groups is 2. The molecule has 1 aliphatic heterocycles. The Morgan fingerprint density at radius 2 is 2.20 bits per heavy atom. The minimum Gasteiger partial charge on any atom is -0.497 e. The minimum atomic E-state index is -0.576. The number of ether oxygens (including phenoxy) is 1. The highest BCUT2D eigenvalue weighted by atomic mass is 16.5. The predicted octanol–water partition coefficient (Wildman–Crippen LogP) is 1.81. The molecule has 0 aliphatic carbocycles. The van der Waals surface area contributed by atoms with Gasteiger partial charge in [0.25, 0.3) is 5.91 Å². The Kier molecular flexibility index (Phi) is 5.02. The first kappa shape index (κ1) is 17.0. The predicted molar refractivity (Wildman–Crippen MR) is 92.1 cm³/mol. The number of aromatic nitrogens is 2. The minimum absolute atomic E-state index is 0.0492. The van der Waals surface area contributed by atoms with Crippen molar-refractivity contribution in [3.05, 3.63) is 47.3 Å². The number of primary amides is 1. The van der Waals surface area contributed by atoms with Crippen LogP contribution in [0, 0.1) is 0 Å². The summed E-state index contributed by atoms with van der Waals surface area (Å²) in [5, 5.41) is 6.80. The topological polar surface area (TPSA) is 101 Å². The molecule has 25 heavy (non-hydrogen) atoms. The highest BCUT2D eigenvalue weighted by Crippen LogP contribution is 2.30. The van der Waals surface area contributed by atoms with Crippen molar-refractivity contribution in [3.8, 4) is 5.75 Å². The number of nitrogens with zero attached hydrogens (tertiary/aromatic N) is 2. The van der Waals surface area contributed by atoms with Crippen molar-refractivity contribution < 1.29 is 14.3 Å². The van der Waals surface area contributed by atoms with E-state index in [1.54, 1.807) is 13.2 Å². The number of methoxy groups -OCH3 is 1. The zero-order valence-corrected chi connectivity index (χ0v) is 14.2. The highest BCUT2D eigenvalue weighted by molar-refractivity contribution is 5.90. The van der Waals surface area contributed by atoms with Gasteiger partial charge in [0.15, 0.2) is 0 Å². The summed E-state index contributed by atoms with van der Waals surface area (Å²) in [6, 6.07) is 9.06. The number of piperidine rings is 1. The van der Waals surface area contributed by atoms with E-state index in [1.165, 1.54) is 0 Å². The normalized spacial score (nSPS) is 17.3. The molecule has 2 amide bonds. The van der Waals surface area contributed by atoms with Crippen LogP contribution in [0.25, 0.3) is 0 Å². The van der Waals surface area contributed by atoms with E-state index in [1.807, 2.05) is 29.2 Å². The standard InChI is InChI=1S/C18H22N4O3/c1-25-13-6-4-5-12(9-13)10-17(23)22-8-3-2-7-16(22)14-11-15(18(19)24)21-20-14/h4-6,9,11,16H,2-3,7-8,10H2,1H3,(H2,19,24)(H,20,21)/t16-/m0/s1. The van der Waals surface area contributed by atoms with Crippen LogP contribution in [0.3, 0.4) is 0 Å². The number of benzene rings is 1. The molecule has 0 bridgehead atoms. The summed E-state index contributed by atoms with van der Waals surface area (Å²) in [6.45, 7) is 0.693. The van der Waals surface area contributed by atoms with Crippen molar-refractivity contribution in [2.75, 3.05) is 13.7 Å². The van der Waals surface area contributed by atoms with Crippen LogP contribution < -0.4 is 10.5 Å². The average molecular weight is 342 g/mol. The smallest absolute Gasteiger partial charge is 0.269 e. The Balaban J connectivity index is 1.77. The molecule has 7 heteroatoms. The Hall–Kier alpha value is -2.83. The summed E-state index contributed by atoms with van der Waals surface area (Å²) in [4.78, 5) is 26.0. The molecule has 1 fully saturated rings. The number of H-pyrrole nitrogens is 1. The number of carbonyl (C=O) groups excluding carboxylic acids is 2. The van der Waals surface area contributed by atoms with E-state index in [9.17, 15) is 9.59 Å². The molecule has 0 unspecified atom stereocenters. The lowest BCUT2D eigenvalue weighted by atomic mass is 9.98. The third-order valence-electron chi connectivity index (χ3n) is 4.52. The van der Waals surface area contributed by atoms with Crippen LogP contribution in [0.2, 0.25) is 0 Å². The molecule has 2 heterocycles. The molecule has 3 rings (SSSR count). The quantitative estimate of drug-likeness (QED) is 0.865. The average Bonchev–Trinajstić information content (AvgIpc) is 3.12. The van der Waals surface area contributed by atoms with Gasteiger partial charge in [-0.05, 0) is 43.0 Å². The van der Waals surface area contributed by atoms with Crippen LogP contribution in [0.1, 0.15) is 47.1 Å². The molecule has 1 aromatic heterocycles. The van der Waals surface area contributed by atoms with E-state index in [-0.39, 0.29) is 17.6 Å². The van der Waals surface area contributed by atoms with Crippen LogP contribution >= 0.6 is 0 Å². The number of rotatable bonds is 5. The van der Waals surface area contributed by atoms with Crippen LogP contribution in [0.4, 0.5) is 0 Å². The first-order valence-corrected chi connectivity index (χ1v) is 8.36. The second-order valence-corrected chi connectivity index (χ2v) is 6.20. The Morgan fingerprint density at radius 1 is 1.36 bits per heavy atom. The van der Waals surface area contributed by atoms with Crippen molar-refractivity contribution >= 4 is 11.8 Å². The van der Waals surface area contributed by atoms with Gasteiger partial charge in [-0.15, -0.1) is 0 Å². The summed E-state index contributed by atoms with van der Waals surface area (Å²) in [6.07, 6.45) is 3.14. The first-order chi connectivity index (χ1) is 12.1. The van der Waals surface area contributed by atoms with Crippen LogP contribution in [-0.4, -0.2) is 40.6 Å². The van der Waals surface area contributed by atoms with Crippen molar-refractivity contribution in [2.24, 2.45) is 5.73 Å². The molecule has 1 aromatic carbocycles. The molecular formula is C18H22N4O3. The molecule has 0 spiro atoms. The summed E-state index contributed by atoms with van der Waals surface area (Å²) < 4.78 is 5.22. The van der Waals surface area contributed by atoms with Crippen molar-refractivity contribution in [1.82, 2.24) is 15.1 Å². The summed E-state index contributed by atoms with van der Waals surface area (Å²) >= 11 is 0. The zero-order valence-electron chi connectivity index (χ0n) is 14.2. The Morgan fingerprint density at radius 3 is 2.92 bits per heavy atom. The molecule has 1 atom stereocenters. The Labute approximate surface area is 146 Å². The number of aromatic amines is 1. The SMILES string of the molecule is COc1cccc(CC(=O)N2CCCC[C@H]2c2cc(C(N)=O)n[nH]2)c1. The van der Waals surface area contributed by atoms with Crippen LogP contribution in [0.15, 0.2) is 30.3 Å². The monoisotopic (exact) mass is 342 g/mol. The lowest BCUT2D eigenvalue weighted by molar-refractivity contribution is -0.134. The molecule has 2 aromatic rings. The third-order valence-corrected chi connectivity index (χ3v) is 4.52. The lowest BCUT2D eigenvalue weighted by Gasteiger charge is -2.35. The molecule has 7 nitrogen and oxygen atoms in total. The second kappa shape index (κ2) is 7.38. The third kappa shape index (κ3) is 3.81. The van der Waals surface area contributed by atoms with E-state index in [4.69, 9.17) is 10.5 Å². The van der Waals surface area contributed by atoms with Gasteiger partial charge in [-0.3, -0.25) is 14.7 Å². The zero-order chi connectivity index (χ0) is 17.8. The van der Waals surface area contributed by atoms with Crippen molar-refractivity contribution in [3.63, 3.8) is 0 Å². The maximum Gasteiger partial charge on any atom is 0.269 e. The number of nitrogens with one attached hydrogen (secondary N) is 1. The summed E-state index contributed by atoms with van der Waals surface area (Å²) in [5.41, 5.74) is 7.13. The fraction of sp³-hybridized carbons (Fsp3) is 0.389. The van der Waals surface area contributed by atoms with Gasteiger partial charge in [-0.25, -0.2) is 0 Å². The van der Waals surface area contributed by atoms with Gasteiger partial charge >= 0.3 is 0 Å². The fourth-order valence-electron chi connectivity index (χ4n) is 3.25. The number of amides is 2. The van der Waals surface area contributed by atoms with E-state index in [0.717, 1.165) is 36.3 Å². The fourth-order valence-corrected chi connectivity index (χ4v) is 3.25. The summed E-state index contributed by atoms with van der Waals surface area (Å²) in [5.74, 6) is 0.209. The molecule has 0 saturated carbocycles. The van der Waals surface area contributed by atoms with E-state index in [0.29, 0.717) is 13.0 Å². The van der Waals surface area contributed by atoms with Gasteiger partial charge in [-0.2, -0.15) is 5.10 Å². The molecule has 132 valence electrons. The van der Waals surface area contributed by atoms with E-state index < -0.39 is 5.91 Å². The molecule has 1 saturated heterocycles. The van der Waals surface area contributed by atoms with Crippen molar-refractivity contribution in [2.45, 2.75) is 31.7 Å². The maximum atomic E-state index is 12.9. The number of hydrogen-bond donors (Lipinski definition) is 2. The largest absolute Gasteiger partial charge is 0.497 e. The number of nitrogens with two attached hydrogens (primary N) is 1. The maximum absolute atomic E-state index is 12.9. The number of hydrogen-bond acceptors (Lipinski definition) is 4. The van der Waals surface area contributed by atoms with Crippen LogP contribution in [0.5, 0.6) is 5.75 Å². The van der Waals surface area contributed by atoms with E-state index in [2.05, 4.69) is 10.2 Å². The van der Waals surface area contributed by atoms with Crippen LogP contribution in [-0.2, 0) is 11.2 Å². The molecule has 0 radical (unpaired) electrons.